The Morgan fingerprint density at radius 2 is 1.52 bits per heavy atom. The van der Waals surface area contributed by atoms with E-state index in [0.29, 0.717) is 17.7 Å². The summed E-state index contributed by atoms with van der Waals surface area (Å²) in [4.78, 5) is 0. The Balaban J connectivity index is 1.80. The maximum Gasteiger partial charge on any atom is 0.129 e. The van der Waals surface area contributed by atoms with Crippen molar-refractivity contribution >= 4 is 16.5 Å². The third kappa shape index (κ3) is 2.89. The third-order valence-corrected chi connectivity index (χ3v) is 3.74. The molecule has 0 aromatic heterocycles. The third-order valence-electron chi connectivity index (χ3n) is 3.74. The molecule has 3 aromatic rings. The Morgan fingerprint density at radius 3 is 2.24 bits per heavy atom. The quantitative estimate of drug-likeness (QED) is 0.694. The van der Waals surface area contributed by atoms with Gasteiger partial charge in [0.2, 0.25) is 0 Å². The first-order chi connectivity index (χ1) is 10.1. The lowest BCUT2D eigenvalue weighted by Crippen LogP contribution is -2.01. The van der Waals surface area contributed by atoms with Crippen LogP contribution in [-0.2, 0) is 6.54 Å². The largest absolute Gasteiger partial charge is 0.381 e. The van der Waals surface area contributed by atoms with E-state index in [2.05, 4.69) is 35.6 Å². The zero-order valence-corrected chi connectivity index (χ0v) is 12.3. The first-order valence-corrected chi connectivity index (χ1v) is 7.12. The molecule has 0 atom stereocenters. The van der Waals surface area contributed by atoms with E-state index in [4.69, 9.17) is 0 Å². The highest BCUT2D eigenvalue weighted by Crippen LogP contribution is 2.20. The lowest BCUT2D eigenvalue weighted by molar-refractivity contribution is 0.608. The zero-order valence-electron chi connectivity index (χ0n) is 12.3. The second-order valence-electron chi connectivity index (χ2n) is 5.46. The lowest BCUT2D eigenvalue weighted by atomic mass is 10.1. The molecule has 0 spiro atoms. The van der Waals surface area contributed by atoms with E-state index in [0.717, 1.165) is 11.3 Å². The molecule has 1 N–H and O–H groups in total. The maximum absolute atomic E-state index is 13.6. The summed E-state index contributed by atoms with van der Waals surface area (Å²) in [6, 6.07) is 18.4. The van der Waals surface area contributed by atoms with Crippen molar-refractivity contribution in [1.29, 1.82) is 0 Å². The average Bonchev–Trinajstić information content (AvgIpc) is 2.50. The number of hydrogen-bond acceptors (Lipinski definition) is 1. The molecule has 0 saturated heterocycles. The summed E-state index contributed by atoms with van der Waals surface area (Å²) in [7, 11) is 0. The molecule has 3 aromatic carbocycles. The standard InChI is InChI=1S/C19H18FN/c1-13-9-15(10-14(2)19(13)20)12-21-18-8-7-16-5-3-4-6-17(16)11-18/h3-11,21H,12H2,1-2H3. The number of rotatable bonds is 3. The van der Waals surface area contributed by atoms with Gasteiger partial charge in [-0.25, -0.2) is 4.39 Å². The molecule has 0 unspecified atom stereocenters. The van der Waals surface area contributed by atoms with Crippen LogP contribution in [0.3, 0.4) is 0 Å². The molecule has 0 radical (unpaired) electrons. The van der Waals surface area contributed by atoms with Crippen LogP contribution in [-0.4, -0.2) is 0 Å². The van der Waals surface area contributed by atoms with Gasteiger partial charge in [-0.3, -0.25) is 0 Å². The minimum Gasteiger partial charge on any atom is -0.381 e. The van der Waals surface area contributed by atoms with Crippen molar-refractivity contribution in [1.82, 2.24) is 0 Å². The van der Waals surface area contributed by atoms with Gasteiger partial charge in [-0.05, 0) is 53.4 Å². The normalized spacial score (nSPS) is 10.8. The topological polar surface area (TPSA) is 12.0 Å². The summed E-state index contributed by atoms with van der Waals surface area (Å²) >= 11 is 0. The fourth-order valence-electron chi connectivity index (χ4n) is 2.64. The molecular weight excluding hydrogens is 261 g/mol. The second-order valence-corrected chi connectivity index (χ2v) is 5.46. The molecule has 0 bridgehead atoms. The Kier molecular flexibility index (Phi) is 3.61. The van der Waals surface area contributed by atoms with Crippen molar-refractivity contribution in [3.63, 3.8) is 0 Å². The van der Waals surface area contributed by atoms with Crippen molar-refractivity contribution < 1.29 is 4.39 Å². The maximum atomic E-state index is 13.6. The van der Waals surface area contributed by atoms with Crippen LogP contribution in [0.25, 0.3) is 10.8 Å². The van der Waals surface area contributed by atoms with Crippen molar-refractivity contribution in [3.05, 3.63) is 77.1 Å². The molecule has 1 nitrogen and oxygen atoms in total. The molecule has 0 heterocycles. The molecule has 3 rings (SSSR count). The molecule has 0 amide bonds. The summed E-state index contributed by atoms with van der Waals surface area (Å²) in [5.41, 5.74) is 3.57. The van der Waals surface area contributed by atoms with Gasteiger partial charge < -0.3 is 5.32 Å². The van der Waals surface area contributed by atoms with Crippen molar-refractivity contribution in [3.8, 4) is 0 Å². The number of hydrogen-bond donors (Lipinski definition) is 1. The monoisotopic (exact) mass is 279 g/mol. The molecule has 106 valence electrons. The van der Waals surface area contributed by atoms with Crippen molar-refractivity contribution in [2.24, 2.45) is 0 Å². The Labute approximate surface area is 124 Å². The Morgan fingerprint density at radius 1 is 0.857 bits per heavy atom. The van der Waals surface area contributed by atoms with E-state index in [1.165, 1.54) is 10.8 Å². The summed E-state index contributed by atoms with van der Waals surface area (Å²) in [5, 5.41) is 5.85. The van der Waals surface area contributed by atoms with Gasteiger partial charge in [0.05, 0.1) is 0 Å². The Bertz CT molecular complexity index is 769. The van der Waals surface area contributed by atoms with Crippen molar-refractivity contribution in [2.75, 3.05) is 5.32 Å². The van der Waals surface area contributed by atoms with Crippen LogP contribution in [0.2, 0.25) is 0 Å². The summed E-state index contributed by atoms with van der Waals surface area (Å²) in [6.45, 7) is 4.31. The number of halogens is 1. The van der Waals surface area contributed by atoms with Crippen LogP contribution in [0.5, 0.6) is 0 Å². The van der Waals surface area contributed by atoms with Crippen LogP contribution in [0.15, 0.2) is 54.6 Å². The molecule has 21 heavy (non-hydrogen) atoms. The SMILES string of the molecule is Cc1cc(CNc2ccc3ccccc3c2)cc(C)c1F. The molecule has 0 aliphatic heterocycles. The number of aryl methyl sites for hydroxylation is 2. The highest BCUT2D eigenvalue weighted by atomic mass is 19.1. The number of fused-ring (bicyclic) bond motifs is 1. The molecule has 0 saturated carbocycles. The highest BCUT2D eigenvalue weighted by molar-refractivity contribution is 5.85. The number of benzene rings is 3. The molecule has 0 aliphatic rings. The first-order valence-electron chi connectivity index (χ1n) is 7.12. The summed E-state index contributed by atoms with van der Waals surface area (Å²) in [6.07, 6.45) is 0. The number of nitrogens with one attached hydrogen (secondary N) is 1. The van der Waals surface area contributed by atoms with Crippen LogP contribution >= 0.6 is 0 Å². The zero-order chi connectivity index (χ0) is 14.8. The minimum atomic E-state index is -0.107. The highest BCUT2D eigenvalue weighted by Gasteiger charge is 2.04. The average molecular weight is 279 g/mol. The van der Waals surface area contributed by atoms with Gasteiger partial charge in [-0.2, -0.15) is 0 Å². The van der Waals surface area contributed by atoms with E-state index in [9.17, 15) is 4.39 Å². The Hall–Kier alpha value is -2.35. The van der Waals surface area contributed by atoms with Gasteiger partial charge in [-0.1, -0.05) is 42.5 Å². The first kappa shape index (κ1) is 13.6. The van der Waals surface area contributed by atoms with Crippen molar-refractivity contribution in [2.45, 2.75) is 20.4 Å². The van der Waals surface area contributed by atoms with E-state index in [1.807, 2.05) is 38.1 Å². The van der Waals surface area contributed by atoms with Crippen LogP contribution in [0, 0.1) is 19.7 Å². The van der Waals surface area contributed by atoms with E-state index in [-0.39, 0.29) is 5.82 Å². The van der Waals surface area contributed by atoms with Gasteiger partial charge in [0, 0.05) is 12.2 Å². The van der Waals surface area contributed by atoms with E-state index < -0.39 is 0 Å². The fourth-order valence-corrected chi connectivity index (χ4v) is 2.64. The summed E-state index contributed by atoms with van der Waals surface area (Å²) in [5.74, 6) is -0.107. The van der Waals surface area contributed by atoms with Gasteiger partial charge in [0.15, 0.2) is 0 Å². The van der Waals surface area contributed by atoms with Gasteiger partial charge in [0.25, 0.3) is 0 Å². The molecule has 2 heteroatoms. The summed E-state index contributed by atoms with van der Waals surface area (Å²) < 4.78 is 13.6. The molecule has 0 fully saturated rings. The van der Waals surface area contributed by atoms with Gasteiger partial charge in [0.1, 0.15) is 5.82 Å². The smallest absolute Gasteiger partial charge is 0.129 e. The van der Waals surface area contributed by atoms with Crippen LogP contribution < -0.4 is 5.32 Å². The predicted octanol–water partition coefficient (Wildman–Crippen LogP) is 5.21. The van der Waals surface area contributed by atoms with E-state index >= 15 is 0 Å². The predicted molar refractivity (Wildman–Crippen MR) is 87.1 cm³/mol. The molecule has 0 aliphatic carbocycles. The fraction of sp³-hybridized carbons (Fsp3) is 0.158. The van der Waals surface area contributed by atoms with Gasteiger partial charge in [-0.15, -0.1) is 0 Å². The van der Waals surface area contributed by atoms with Gasteiger partial charge >= 0.3 is 0 Å². The van der Waals surface area contributed by atoms with Crippen LogP contribution in [0.4, 0.5) is 10.1 Å². The molecular formula is C19H18FN. The minimum absolute atomic E-state index is 0.107. The van der Waals surface area contributed by atoms with E-state index in [1.54, 1.807) is 0 Å². The lowest BCUT2D eigenvalue weighted by Gasteiger charge is -2.10. The number of anilines is 1. The second kappa shape index (κ2) is 5.57. The van der Waals surface area contributed by atoms with Crippen LogP contribution in [0.1, 0.15) is 16.7 Å².